The van der Waals surface area contributed by atoms with Gasteiger partial charge in [0, 0.05) is 13.1 Å². The third kappa shape index (κ3) is 3.25. The summed E-state index contributed by atoms with van der Waals surface area (Å²) in [5, 5.41) is 3.44. The molecule has 1 aromatic rings. The zero-order valence-electron chi connectivity index (χ0n) is 13.4. The van der Waals surface area contributed by atoms with Crippen molar-refractivity contribution in [1.82, 2.24) is 10.2 Å². The Labute approximate surface area is 144 Å². The molecule has 2 heterocycles. The minimum Gasteiger partial charge on any atom is -0.374 e. The van der Waals surface area contributed by atoms with Gasteiger partial charge >= 0.3 is 0 Å². The van der Waals surface area contributed by atoms with Gasteiger partial charge in [-0.15, -0.1) is 12.4 Å². The standard InChI is InChI=1S/C18H24N2O2.ClH/c21-18(15-11-13-5-1-2-6-14(13)12-19-15)20-9-10-22-17-8-4-3-7-16(17)20;/h1-2,5-6,15-17,19H,3-4,7-12H2;1H. The third-order valence-corrected chi connectivity index (χ3v) is 5.39. The van der Waals surface area contributed by atoms with E-state index in [0.717, 1.165) is 32.4 Å². The van der Waals surface area contributed by atoms with Crippen LogP contribution in [0.15, 0.2) is 24.3 Å². The van der Waals surface area contributed by atoms with Gasteiger partial charge in [-0.25, -0.2) is 0 Å². The van der Waals surface area contributed by atoms with Gasteiger partial charge in [-0.3, -0.25) is 4.79 Å². The Bertz CT molecular complexity index is 564. The molecule has 5 heteroatoms. The van der Waals surface area contributed by atoms with E-state index in [1.165, 1.54) is 24.0 Å². The summed E-state index contributed by atoms with van der Waals surface area (Å²) in [6, 6.07) is 8.66. The van der Waals surface area contributed by atoms with E-state index >= 15 is 0 Å². The number of benzene rings is 1. The zero-order valence-corrected chi connectivity index (χ0v) is 14.2. The number of amides is 1. The molecule has 1 amide bonds. The molecule has 1 aromatic carbocycles. The van der Waals surface area contributed by atoms with Crippen molar-refractivity contribution in [1.29, 1.82) is 0 Å². The Morgan fingerprint density at radius 3 is 2.83 bits per heavy atom. The number of halogens is 1. The fourth-order valence-corrected chi connectivity index (χ4v) is 4.20. The number of fused-ring (bicyclic) bond motifs is 2. The van der Waals surface area contributed by atoms with Gasteiger partial charge in [-0.1, -0.05) is 37.1 Å². The molecular weight excluding hydrogens is 312 g/mol. The minimum atomic E-state index is -0.0735. The Morgan fingerprint density at radius 2 is 1.96 bits per heavy atom. The highest BCUT2D eigenvalue weighted by Gasteiger charge is 2.39. The van der Waals surface area contributed by atoms with Crippen molar-refractivity contribution in [3.63, 3.8) is 0 Å². The van der Waals surface area contributed by atoms with Crippen molar-refractivity contribution in [3.8, 4) is 0 Å². The van der Waals surface area contributed by atoms with Gasteiger partial charge in [0.1, 0.15) is 0 Å². The molecule has 0 aromatic heterocycles. The highest BCUT2D eigenvalue weighted by Crippen LogP contribution is 2.29. The first-order valence-electron chi connectivity index (χ1n) is 8.55. The number of carbonyl (C=O) groups excluding carboxylic acids is 1. The summed E-state index contributed by atoms with van der Waals surface area (Å²) in [5.41, 5.74) is 2.64. The Morgan fingerprint density at radius 1 is 1.17 bits per heavy atom. The van der Waals surface area contributed by atoms with Crippen molar-refractivity contribution in [2.24, 2.45) is 0 Å². The van der Waals surface area contributed by atoms with E-state index in [2.05, 4.69) is 34.5 Å². The lowest BCUT2D eigenvalue weighted by molar-refractivity contribution is -0.151. The van der Waals surface area contributed by atoms with Gasteiger partial charge in [0.15, 0.2) is 0 Å². The molecule has 4 rings (SSSR count). The lowest BCUT2D eigenvalue weighted by atomic mass is 9.88. The van der Waals surface area contributed by atoms with E-state index in [4.69, 9.17) is 4.74 Å². The summed E-state index contributed by atoms with van der Waals surface area (Å²) in [6.07, 6.45) is 5.73. The quantitative estimate of drug-likeness (QED) is 0.855. The second-order valence-electron chi connectivity index (χ2n) is 6.70. The van der Waals surface area contributed by atoms with Crippen LogP contribution in [0.1, 0.15) is 36.8 Å². The van der Waals surface area contributed by atoms with E-state index in [0.29, 0.717) is 12.6 Å². The fraction of sp³-hybridized carbons (Fsp3) is 0.611. The number of nitrogens with zero attached hydrogens (tertiary/aromatic N) is 1. The number of hydrogen-bond donors (Lipinski definition) is 1. The molecule has 3 atom stereocenters. The van der Waals surface area contributed by atoms with Gasteiger partial charge in [-0.2, -0.15) is 0 Å². The average Bonchev–Trinajstić information content (AvgIpc) is 2.60. The lowest BCUT2D eigenvalue weighted by Crippen LogP contribution is -2.59. The maximum atomic E-state index is 13.0. The summed E-state index contributed by atoms with van der Waals surface area (Å²) in [4.78, 5) is 15.1. The van der Waals surface area contributed by atoms with Crippen LogP contribution in [0.2, 0.25) is 0 Å². The molecule has 1 saturated carbocycles. The lowest BCUT2D eigenvalue weighted by Gasteiger charge is -2.45. The van der Waals surface area contributed by atoms with Crippen LogP contribution in [0.5, 0.6) is 0 Å². The molecule has 1 saturated heterocycles. The smallest absolute Gasteiger partial charge is 0.240 e. The molecule has 3 unspecified atom stereocenters. The van der Waals surface area contributed by atoms with Crippen LogP contribution in [0.3, 0.4) is 0 Å². The van der Waals surface area contributed by atoms with Crippen molar-refractivity contribution in [3.05, 3.63) is 35.4 Å². The average molecular weight is 337 g/mol. The van der Waals surface area contributed by atoms with Crippen LogP contribution in [-0.4, -0.2) is 42.1 Å². The molecule has 23 heavy (non-hydrogen) atoms. The van der Waals surface area contributed by atoms with Gasteiger partial charge in [-0.05, 0) is 30.4 Å². The molecule has 4 nitrogen and oxygen atoms in total. The molecule has 0 radical (unpaired) electrons. The van der Waals surface area contributed by atoms with Gasteiger partial charge in [0.25, 0.3) is 0 Å². The van der Waals surface area contributed by atoms with Crippen LogP contribution < -0.4 is 5.32 Å². The van der Waals surface area contributed by atoms with Gasteiger partial charge < -0.3 is 15.0 Å². The number of hydrogen-bond acceptors (Lipinski definition) is 3. The first-order valence-corrected chi connectivity index (χ1v) is 8.55. The molecule has 1 aliphatic carbocycles. The molecule has 2 fully saturated rings. The van der Waals surface area contributed by atoms with Gasteiger partial charge in [0.2, 0.25) is 5.91 Å². The number of nitrogens with one attached hydrogen (secondary N) is 1. The second kappa shape index (κ2) is 7.20. The second-order valence-corrected chi connectivity index (χ2v) is 6.70. The molecular formula is C18H25ClN2O2. The van der Waals surface area contributed by atoms with E-state index < -0.39 is 0 Å². The monoisotopic (exact) mass is 336 g/mol. The number of rotatable bonds is 1. The predicted octanol–water partition coefficient (Wildman–Crippen LogP) is 2.29. The highest BCUT2D eigenvalue weighted by atomic mass is 35.5. The number of ether oxygens (including phenoxy) is 1. The van der Waals surface area contributed by atoms with E-state index in [1.54, 1.807) is 0 Å². The normalized spacial score (nSPS) is 29.9. The van der Waals surface area contributed by atoms with Crippen LogP contribution in [0.4, 0.5) is 0 Å². The maximum absolute atomic E-state index is 13.0. The summed E-state index contributed by atoms with van der Waals surface area (Å²) in [6.45, 7) is 2.24. The van der Waals surface area contributed by atoms with Crippen LogP contribution >= 0.6 is 12.4 Å². The summed E-state index contributed by atoms with van der Waals surface area (Å²) < 4.78 is 5.89. The SMILES string of the molecule is Cl.O=C(C1Cc2ccccc2CN1)N1CCOC2CCCCC21. The predicted molar refractivity (Wildman–Crippen MR) is 91.7 cm³/mol. The summed E-state index contributed by atoms with van der Waals surface area (Å²) in [5.74, 6) is 0.273. The summed E-state index contributed by atoms with van der Waals surface area (Å²) in [7, 11) is 0. The van der Waals surface area contributed by atoms with Crippen LogP contribution in [-0.2, 0) is 22.5 Å². The first kappa shape index (κ1) is 16.7. The van der Waals surface area contributed by atoms with Crippen molar-refractivity contribution in [2.45, 2.75) is 56.8 Å². The maximum Gasteiger partial charge on any atom is 0.240 e. The Hall–Kier alpha value is -1.10. The molecule has 3 aliphatic rings. The zero-order chi connectivity index (χ0) is 14.9. The van der Waals surface area contributed by atoms with E-state index in [1.807, 2.05) is 0 Å². The van der Waals surface area contributed by atoms with E-state index in [-0.39, 0.29) is 30.5 Å². The molecule has 0 bridgehead atoms. The molecule has 0 spiro atoms. The van der Waals surface area contributed by atoms with Gasteiger partial charge in [0.05, 0.1) is 24.8 Å². The van der Waals surface area contributed by atoms with Crippen molar-refractivity contribution < 1.29 is 9.53 Å². The topological polar surface area (TPSA) is 41.6 Å². The third-order valence-electron chi connectivity index (χ3n) is 5.39. The number of morpholine rings is 1. The highest BCUT2D eigenvalue weighted by molar-refractivity contribution is 5.85. The number of carbonyl (C=O) groups is 1. The largest absolute Gasteiger partial charge is 0.374 e. The molecule has 126 valence electrons. The fourth-order valence-electron chi connectivity index (χ4n) is 4.20. The minimum absolute atomic E-state index is 0. The van der Waals surface area contributed by atoms with Crippen molar-refractivity contribution >= 4 is 18.3 Å². The van der Waals surface area contributed by atoms with E-state index in [9.17, 15) is 4.79 Å². The molecule has 2 aliphatic heterocycles. The Kier molecular flexibility index (Phi) is 5.24. The van der Waals surface area contributed by atoms with Crippen LogP contribution in [0, 0.1) is 0 Å². The summed E-state index contributed by atoms with van der Waals surface area (Å²) >= 11 is 0. The Balaban J connectivity index is 0.00000156. The van der Waals surface area contributed by atoms with Crippen LogP contribution in [0.25, 0.3) is 0 Å². The first-order chi connectivity index (χ1) is 10.8. The molecule has 1 N–H and O–H groups in total. The van der Waals surface area contributed by atoms with Crippen molar-refractivity contribution in [2.75, 3.05) is 13.2 Å².